The van der Waals surface area contributed by atoms with Crippen molar-refractivity contribution in [2.45, 2.75) is 12.5 Å². The molecule has 0 aliphatic carbocycles. The van der Waals surface area contributed by atoms with Crippen LogP contribution < -0.4 is 16.0 Å². The van der Waals surface area contributed by atoms with Gasteiger partial charge in [-0.1, -0.05) is 6.08 Å². The molecule has 4 aliphatic heterocycles. The van der Waals surface area contributed by atoms with Gasteiger partial charge in [0.1, 0.15) is 0 Å². The molecule has 8 bridgehead atoms. The number of aliphatic imine (C=N–C) groups is 2. The molecular formula is C20H16FeKN4. The molecule has 2 N–H and O–H groups in total. The number of allylic oxidation sites excluding steroid dienone is 5. The largest absolute Gasteiger partial charge is 0.379 e. The quantitative estimate of drug-likeness (QED) is 0.625. The summed E-state index contributed by atoms with van der Waals surface area (Å²) in [6.07, 6.45) is 19.8. The van der Waals surface area contributed by atoms with E-state index in [2.05, 4.69) is 68.9 Å². The monoisotopic (exact) mass is 407 g/mol. The summed E-state index contributed by atoms with van der Waals surface area (Å²) in [4.78, 5) is 12.7. The summed E-state index contributed by atoms with van der Waals surface area (Å²) >= 11 is 0. The molecule has 0 amide bonds. The van der Waals surface area contributed by atoms with Crippen molar-refractivity contribution in [1.29, 1.82) is 0 Å². The number of hydrogen-bond acceptors (Lipinski definition) is 3. The molecule has 0 fully saturated rings. The van der Waals surface area contributed by atoms with Gasteiger partial charge in [-0.2, -0.15) is 0 Å². The van der Waals surface area contributed by atoms with E-state index in [1.54, 1.807) is 0 Å². The summed E-state index contributed by atoms with van der Waals surface area (Å²) in [5.41, 5.74) is 5.02. The van der Waals surface area contributed by atoms with Crippen LogP contribution in [0.1, 0.15) is 6.42 Å². The van der Waals surface area contributed by atoms with Crippen LogP contribution in [0.3, 0.4) is 0 Å². The van der Waals surface area contributed by atoms with Crippen molar-refractivity contribution in [3.63, 3.8) is 0 Å². The van der Waals surface area contributed by atoms with Gasteiger partial charge in [0, 0.05) is 84.8 Å². The van der Waals surface area contributed by atoms with Crippen LogP contribution >= 0.6 is 0 Å². The third-order valence-electron chi connectivity index (χ3n) is 4.32. The van der Waals surface area contributed by atoms with Gasteiger partial charge in [0.25, 0.3) is 0 Å². The fourth-order valence-corrected chi connectivity index (χ4v) is 3.20. The van der Waals surface area contributed by atoms with Crippen molar-refractivity contribution in [1.82, 2.24) is 10.3 Å². The minimum absolute atomic E-state index is 0. The Morgan fingerprint density at radius 2 is 1.50 bits per heavy atom. The standard InChI is InChI=1S/C20H16N4.Fe.K/c1-2-14-10-16-5-6-18(23-16)12-20-8-7-19(24-20)11-17-4-3-15(22-17)9-13(1)21-14;;/h1-7,9-12,20-21,24H,8H2;;. The molecule has 1 unspecified atom stereocenters. The fourth-order valence-electron chi connectivity index (χ4n) is 3.20. The van der Waals surface area contributed by atoms with E-state index in [0.717, 1.165) is 45.6 Å². The Labute approximate surface area is 204 Å². The second kappa shape index (κ2) is 8.36. The zero-order valence-electron chi connectivity index (χ0n) is 14.4. The number of aromatic amines is 1. The zero-order valence-corrected chi connectivity index (χ0v) is 18.6. The molecule has 0 spiro atoms. The van der Waals surface area contributed by atoms with Gasteiger partial charge >= 0.3 is 0 Å². The summed E-state index contributed by atoms with van der Waals surface area (Å²) in [5, 5.41) is 5.59. The van der Waals surface area contributed by atoms with E-state index in [1.165, 1.54) is 0 Å². The minimum Gasteiger partial charge on any atom is -0.379 e. The maximum atomic E-state index is 4.68. The molecule has 1 radical (unpaired) electrons. The van der Waals surface area contributed by atoms with Gasteiger partial charge in [-0.15, -0.1) is 0 Å². The Bertz CT molecular complexity index is 1060. The Morgan fingerprint density at radius 3 is 2.23 bits per heavy atom. The van der Waals surface area contributed by atoms with Crippen molar-refractivity contribution >= 4 is 75.0 Å². The second-order valence-corrected chi connectivity index (χ2v) is 6.20. The smallest absolute Gasteiger partial charge is 0.0658 e. The maximum absolute atomic E-state index is 4.68. The predicted octanol–water partition coefficient (Wildman–Crippen LogP) is 1.24. The molecule has 1 aromatic heterocycles. The minimum atomic E-state index is 0. The molecule has 1 aromatic rings. The number of fused-ring (bicyclic) bond motifs is 6. The Hall–Kier alpha value is -0.984. The second-order valence-electron chi connectivity index (χ2n) is 6.20. The number of aromatic nitrogens is 1. The van der Waals surface area contributed by atoms with Gasteiger partial charge < -0.3 is 10.3 Å². The Morgan fingerprint density at radius 1 is 0.846 bits per heavy atom. The Balaban J connectivity index is 0.000000980. The first-order valence-corrected chi connectivity index (χ1v) is 8.12. The van der Waals surface area contributed by atoms with Crippen molar-refractivity contribution in [2.24, 2.45) is 9.98 Å². The summed E-state index contributed by atoms with van der Waals surface area (Å²) < 4.78 is 0. The van der Waals surface area contributed by atoms with Crippen molar-refractivity contribution in [3.05, 3.63) is 82.5 Å². The fraction of sp³-hybridized carbons (Fsp3) is 0.100. The van der Waals surface area contributed by atoms with Crippen LogP contribution in [0.25, 0.3) is 12.2 Å². The number of nitrogens with one attached hydrogen (secondary N) is 2. The molecule has 4 aliphatic rings. The molecule has 4 nitrogen and oxygen atoms in total. The van der Waals surface area contributed by atoms with E-state index in [9.17, 15) is 0 Å². The summed E-state index contributed by atoms with van der Waals surface area (Å²) in [7, 11) is 0. The number of hydrogen-bond donors (Lipinski definition) is 2. The third-order valence-corrected chi connectivity index (χ3v) is 4.32. The van der Waals surface area contributed by atoms with Crippen LogP contribution in [0.2, 0.25) is 0 Å². The molecule has 0 saturated carbocycles. The van der Waals surface area contributed by atoms with Gasteiger partial charge in [-0.3, -0.25) is 0 Å². The van der Waals surface area contributed by atoms with Crippen molar-refractivity contribution < 1.29 is 17.1 Å². The van der Waals surface area contributed by atoms with Crippen molar-refractivity contribution in [3.8, 4) is 0 Å². The van der Waals surface area contributed by atoms with Gasteiger partial charge in [0.15, 0.2) is 0 Å². The van der Waals surface area contributed by atoms with Crippen LogP contribution in [0.15, 0.2) is 81.7 Å². The zero-order chi connectivity index (χ0) is 15.9. The third kappa shape index (κ3) is 4.29. The average molecular weight is 407 g/mol. The molecule has 6 heteroatoms. The van der Waals surface area contributed by atoms with Crippen LogP contribution in [-0.2, 0) is 17.1 Å². The number of rotatable bonds is 0. The van der Waals surface area contributed by atoms with E-state index < -0.39 is 0 Å². The van der Waals surface area contributed by atoms with Crippen LogP contribution in [-0.4, -0.2) is 73.8 Å². The average Bonchev–Trinajstić information content (AvgIpc) is 3.32. The topological polar surface area (TPSA) is 52.5 Å². The summed E-state index contributed by atoms with van der Waals surface area (Å²) in [6, 6.07) is 4.40. The maximum Gasteiger partial charge on any atom is 0.0658 e. The van der Waals surface area contributed by atoms with E-state index in [-0.39, 0.29) is 74.5 Å². The van der Waals surface area contributed by atoms with Crippen LogP contribution in [0.4, 0.5) is 0 Å². The van der Waals surface area contributed by atoms with Crippen molar-refractivity contribution in [2.75, 3.05) is 0 Å². The van der Waals surface area contributed by atoms with Gasteiger partial charge in [-0.25, -0.2) is 9.98 Å². The summed E-state index contributed by atoms with van der Waals surface area (Å²) in [6.45, 7) is 0. The van der Waals surface area contributed by atoms with Gasteiger partial charge in [0.2, 0.25) is 0 Å². The molecule has 125 valence electrons. The SMILES string of the molecule is C1=CC2=NC1=CC1=CCC(C=C3C=CC(=N3)C=c3ccc([nH]3)=C2)N1.[Fe].[K]. The number of H-pyrrole nitrogens is 1. The van der Waals surface area contributed by atoms with E-state index >= 15 is 0 Å². The predicted molar refractivity (Wildman–Crippen MR) is 104 cm³/mol. The molecular weight excluding hydrogens is 391 g/mol. The van der Waals surface area contributed by atoms with E-state index in [4.69, 9.17) is 0 Å². The first kappa shape index (κ1) is 19.8. The number of nitrogens with zero attached hydrogens (tertiary/aromatic N) is 2. The first-order chi connectivity index (χ1) is 11.8. The molecule has 0 saturated heterocycles. The summed E-state index contributed by atoms with van der Waals surface area (Å²) in [5.74, 6) is 0. The van der Waals surface area contributed by atoms with E-state index in [1.807, 2.05) is 18.2 Å². The molecule has 26 heavy (non-hydrogen) atoms. The van der Waals surface area contributed by atoms with Crippen LogP contribution in [0, 0.1) is 0 Å². The van der Waals surface area contributed by atoms with Gasteiger partial charge in [-0.05, 0) is 67.2 Å². The normalized spacial score (nSPS) is 21.7. The molecule has 5 heterocycles. The molecule has 1 atom stereocenters. The Kier molecular flexibility index (Phi) is 6.35. The van der Waals surface area contributed by atoms with Gasteiger partial charge in [0.05, 0.1) is 28.9 Å². The first-order valence-electron chi connectivity index (χ1n) is 8.12. The molecule has 5 rings (SSSR count). The van der Waals surface area contributed by atoms with Crippen LogP contribution in [0.5, 0.6) is 0 Å². The van der Waals surface area contributed by atoms with E-state index in [0.29, 0.717) is 0 Å². The molecule has 0 aromatic carbocycles.